The molecular formula is C14H11BrN2O. The molecule has 0 radical (unpaired) electrons. The number of aromatic nitrogens is 1. The van der Waals surface area contributed by atoms with Gasteiger partial charge in [-0.3, -0.25) is 4.98 Å². The van der Waals surface area contributed by atoms with E-state index in [1.54, 1.807) is 6.20 Å². The SMILES string of the molecule is Brc1ccc(CNc2ccc3cccnc3c2)o1. The van der Waals surface area contributed by atoms with Gasteiger partial charge in [0.25, 0.3) is 0 Å². The normalized spacial score (nSPS) is 10.7. The maximum Gasteiger partial charge on any atom is 0.169 e. The Balaban J connectivity index is 1.78. The smallest absolute Gasteiger partial charge is 0.169 e. The van der Waals surface area contributed by atoms with Crippen LogP contribution in [0.5, 0.6) is 0 Å². The van der Waals surface area contributed by atoms with Crippen LogP contribution in [0.1, 0.15) is 5.76 Å². The van der Waals surface area contributed by atoms with Crippen LogP contribution in [-0.4, -0.2) is 4.98 Å². The van der Waals surface area contributed by atoms with E-state index in [-0.39, 0.29) is 0 Å². The largest absolute Gasteiger partial charge is 0.452 e. The van der Waals surface area contributed by atoms with Crippen molar-refractivity contribution in [1.82, 2.24) is 4.98 Å². The Bertz CT molecular complexity index is 678. The highest BCUT2D eigenvalue weighted by Crippen LogP contribution is 2.19. The summed E-state index contributed by atoms with van der Waals surface area (Å²) in [5.41, 5.74) is 2.02. The lowest BCUT2D eigenvalue weighted by molar-refractivity contribution is 0.495. The summed E-state index contributed by atoms with van der Waals surface area (Å²) in [6.45, 7) is 0.657. The fourth-order valence-electron chi connectivity index (χ4n) is 1.81. The zero-order valence-electron chi connectivity index (χ0n) is 9.56. The average Bonchev–Trinajstić information content (AvgIpc) is 2.82. The van der Waals surface area contributed by atoms with Gasteiger partial charge in [-0.2, -0.15) is 0 Å². The Morgan fingerprint density at radius 2 is 2.11 bits per heavy atom. The van der Waals surface area contributed by atoms with E-state index in [9.17, 15) is 0 Å². The molecule has 0 spiro atoms. The van der Waals surface area contributed by atoms with Crippen molar-refractivity contribution in [3.8, 4) is 0 Å². The van der Waals surface area contributed by atoms with E-state index >= 15 is 0 Å². The van der Waals surface area contributed by atoms with Gasteiger partial charge in [-0.1, -0.05) is 12.1 Å². The zero-order valence-corrected chi connectivity index (χ0v) is 11.1. The van der Waals surface area contributed by atoms with E-state index < -0.39 is 0 Å². The lowest BCUT2D eigenvalue weighted by atomic mass is 10.2. The molecule has 0 amide bonds. The zero-order chi connectivity index (χ0) is 12.4. The van der Waals surface area contributed by atoms with Crippen molar-refractivity contribution in [1.29, 1.82) is 0 Å². The Kier molecular flexibility index (Phi) is 3.02. The Hall–Kier alpha value is -1.81. The number of furan rings is 1. The number of nitrogens with one attached hydrogen (secondary N) is 1. The number of hydrogen-bond donors (Lipinski definition) is 1. The molecule has 0 aliphatic carbocycles. The van der Waals surface area contributed by atoms with E-state index in [4.69, 9.17) is 4.42 Å². The minimum Gasteiger partial charge on any atom is -0.452 e. The third-order valence-electron chi connectivity index (χ3n) is 2.70. The highest BCUT2D eigenvalue weighted by Gasteiger charge is 2.00. The fraction of sp³-hybridized carbons (Fsp3) is 0.0714. The lowest BCUT2D eigenvalue weighted by Crippen LogP contribution is -1.97. The number of pyridine rings is 1. The third kappa shape index (κ3) is 2.38. The van der Waals surface area contributed by atoms with Gasteiger partial charge in [-0.15, -0.1) is 0 Å². The number of fused-ring (bicyclic) bond motifs is 1. The quantitative estimate of drug-likeness (QED) is 0.788. The molecule has 0 unspecified atom stereocenters. The molecule has 4 heteroatoms. The molecule has 0 aliphatic heterocycles. The molecule has 0 fully saturated rings. The Labute approximate surface area is 113 Å². The van der Waals surface area contributed by atoms with Crippen molar-refractivity contribution < 1.29 is 4.42 Å². The summed E-state index contributed by atoms with van der Waals surface area (Å²) in [5, 5.41) is 4.45. The first-order chi connectivity index (χ1) is 8.81. The molecule has 90 valence electrons. The summed E-state index contributed by atoms with van der Waals surface area (Å²) in [4.78, 5) is 4.33. The van der Waals surface area contributed by atoms with E-state index in [0.717, 1.165) is 27.0 Å². The Morgan fingerprint density at radius 3 is 2.94 bits per heavy atom. The third-order valence-corrected chi connectivity index (χ3v) is 3.13. The lowest BCUT2D eigenvalue weighted by Gasteiger charge is -2.05. The summed E-state index contributed by atoms with van der Waals surface area (Å²) < 4.78 is 6.18. The number of benzene rings is 1. The minimum atomic E-state index is 0.657. The molecule has 1 N–H and O–H groups in total. The fourth-order valence-corrected chi connectivity index (χ4v) is 2.15. The van der Waals surface area contributed by atoms with Crippen molar-refractivity contribution in [2.45, 2.75) is 6.54 Å². The summed E-state index contributed by atoms with van der Waals surface area (Å²) in [6.07, 6.45) is 1.80. The first-order valence-electron chi connectivity index (χ1n) is 5.64. The monoisotopic (exact) mass is 302 g/mol. The van der Waals surface area contributed by atoms with Crippen LogP contribution < -0.4 is 5.32 Å². The molecule has 18 heavy (non-hydrogen) atoms. The number of anilines is 1. The molecule has 3 aromatic rings. The molecule has 3 rings (SSSR count). The van der Waals surface area contributed by atoms with E-state index in [1.165, 1.54) is 0 Å². The van der Waals surface area contributed by atoms with Crippen molar-refractivity contribution in [2.75, 3.05) is 5.32 Å². The Morgan fingerprint density at radius 1 is 1.17 bits per heavy atom. The second-order valence-electron chi connectivity index (χ2n) is 3.97. The van der Waals surface area contributed by atoms with Gasteiger partial charge in [-0.05, 0) is 46.3 Å². The maximum atomic E-state index is 5.43. The molecule has 0 aliphatic rings. The van der Waals surface area contributed by atoms with Crippen LogP contribution in [0, 0.1) is 0 Å². The molecule has 0 bridgehead atoms. The molecule has 0 saturated carbocycles. The molecule has 2 heterocycles. The van der Waals surface area contributed by atoms with E-state index in [0.29, 0.717) is 6.54 Å². The van der Waals surface area contributed by atoms with Crippen molar-refractivity contribution >= 4 is 32.5 Å². The summed E-state index contributed by atoms with van der Waals surface area (Å²) in [5.74, 6) is 0.892. The second-order valence-corrected chi connectivity index (χ2v) is 4.75. The standard InChI is InChI=1S/C14H11BrN2O/c15-14-6-5-12(18-14)9-17-11-4-3-10-2-1-7-16-13(10)8-11/h1-8,17H,9H2. The van der Waals surface area contributed by atoms with Crippen LogP contribution in [0.15, 0.2) is 57.7 Å². The minimum absolute atomic E-state index is 0.657. The van der Waals surface area contributed by atoms with Gasteiger partial charge in [0.15, 0.2) is 4.67 Å². The molecule has 2 aromatic heterocycles. The highest BCUT2D eigenvalue weighted by atomic mass is 79.9. The van der Waals surface area contributed by atoms with Crippen LogP contribution >= 0.6 is 15.9 Å². The topological polar surface area (TPSA) is 38.1 Å². The summed E-state index contributed by atoms with van der Waals surface area (Å²) in [7, 11) is 0. The van der Waals surface area contributed by atoms with Gasteiger partial charge < -0.3 is 9.73 Å². The maximum absolute atomic E-state index is 5.43. The molecule has 0 saturated heterocycles. The van der Waals surface area contributed by atoms with Gasteiger partial charge in [0.1, 0.15) is 5.76 Å². The summed E-state index contributed by atoms with van der Waals surface area (Å²) in [6, 6.07) is 14.0. The van der Waals surface area contributed by atoms with Crippen LogP contribution in [0.3, 0.4) is 0 Å². The number of rotatable bonds is 3. The van der Waals surface area contributed by atoms with Crippen molar-refractivity contribution in [3.05, 3.63) is 59.1 Å². The van der Waals surface area contributed by atoms with Crippen molar-refractivity contribution in [2.24, 2.45) is 0 Å². The number of nitrogens with zero attached hydrogens (tertiary/aromatic N) is 1. The predicted octanol–water partition coefficient (Wildman–Crippen LogP) is 4.20. The average molecular weight is 303 g/mol. The van der Waals surface area contributed by atoms with Gasteiger partial charge in [0.2, 0.25) is 0 Å². The second kappa shape index (κ2) is 4.82. The van der Waals surface area contributed by atoms with Gasteiger partial charge in [0, 0.05) is 17.3 Å². The first-order valence-corrected chi connectivity index (χ1v) is 6.43. The molecule has 3 nitrogen and oxygen atoms in total. The van der Waals surface area contributed by atoms with Gasteiger partial charge >= 0.3 is 0 Å². The molecule has 0 atom stereocenters. The highest BCUT2D eigenvalue weighted by molar-refractivity contribution is 9.10. The van der Waals surface area contributed by atoms with Crippen LogP contribution in [0.4, 0.5) is 5.69 Å². The van der Waals surface area contributed by atoms with E-state index in [1.807, 2.05) is 30.3 Å². The molecular weight excluding hydrogens is 292 g/mol. The summed E-state index contributed by atoms with van der Waals surface area (Å²) >= 11 is 3.29. The number of hydrogen-bond acceptors (Lipinski definition) is 3. The van der Waals surface area contributed by atoms with Crippen LogP contribution in [-0.2, 0) is 6.54 Å². The van der Waals surface area contributed by atoms with Gasteiger partial charge in [-0.25, -0.2) is 0 Å². The van der Waals surface area contributed by atoms with Crippen LogP contribution in [0.2, 0.25) is 0 Å². The first kappa shape index (κ1) is 11.3. The molecule has 1 aromatic carbocycles. The van der Waals surface area contributed by atoms with Gasteiger partial charge in [0.05, 0.1) is 12.1 Å². The van der Waals surface area contributed by atoms with E-state index in [2.05, 4.69) is 38.4 Å². The van der Waals surface area contributed by atoms with Crippen LogP contribution in [0.25, 0.3) is 10.9 Å². The predicted molar refractivity (Wildman–Crippen MR) is 75.5 cm³/mol. The number of halogens is 1. The van der Waals surface area contributed by atoms with Crippen molar-refractivity contribution in [3.63, 3.8) is 0 Å².